The van der Waals surface area contributed by atoms with Crippen LogP contribution < -0.4 is 5.32 Å². The summed E-state index contributed by atoms with van der Waals surface area (Å²) in [6.45, 7) is 10.7. The minimum Gasteiger partial charge on any atom is -0.379 e. The Morgan fingerprint density at radius 2 is 1.88 bits per heavy atom. The van der Waals surface area contributed by atoms with Crippen LogP contribution in [0.2, 0.25) is 0 Å². The molecule has 1 N–H and O–H groups in total. The van der Waals surface area contributed by atoms with E-state index in [0.717, 1.165) is 52.3 Å². The van der Waals surface area contributed by atoms with Crippen LogP contribution in [0.1, 0.15) is 39.5 Å². The number of fused-ring (bicyclic) bond motifs is 1. The first-order valence-corrected chi connectivity index (χ1v) is 9.51. The average molecular weight is 339 g/mol. The highest BCUT2D eigenvalue weighted by Gasteiger charge is 2.35. The predicted molar refractivity (Wildman–Crippen MR) is 93.0 cm³/mol. The molecule has 0 spiro atoms. The normalized spacial score (nSPS) is 29.9. The Labute approximate surface area is 145 Å². The van der Waals surface area contributed by atoms with Gasteiger partial charge >= 0.3 is 0 Å². The quantitative estimate of drug-likeness (QED) is 0.805. The van der Waals surface area contributed by atoms with Crippen LogP contribution in [0, 0.1) is 0 Å². The number of nitrogens with zero attached hydrogens (tertiary/aromatic N) is 2. The van der Waals surface area contributed by atoms with Gasteiger partial charge in [-0.25, -0.2) is 0 Å². The fourth-order valence-electron chi connectivity index (χ4n) is 4.21. The zero-order valence-corrected chi connectivity index (χ0v) is 15.3. The Balaban J connectivity index is 1.46. The van der Waals surface area contributed by atoms with E-state index in [1.807, 2.05) is 0 Å². The van der Waals surface area contributed by atoms with Crippen LogP contribution in [0.25, 0.3) is 0 Å². The Morgan fingerprint density at radius 3 is 2.67 bits per heavy atom. The molecule has 138 valence electrons. The largest absolute Gasteiger partial charge is 0.379 e. The molecule has 2 unspecified atom stereocenters. The summed E-state index contributed by atoms with van der Waals surface area (Å²) in [7, 11) is 0. The summed E-state index contributed by atoms with van der Waals surface area (Å²) in [6, 6.07) is 0.436. The van der Waals surface area contributed by atoms with Crippen LogP contribution >= 0.6 is 0 Å². The molecule has 1 amide bonds. The second-order valence-electron chi connectivity index (χ2n) is 7.92. The molecule has 0 aromatic heterocycles. The zero-order valence-electron chi connectivity index (χ0n) is 15.3. The molecule has 1 saturated carbocycles. The lowest BCUT2D eigenvalue weighted by Crippen LogP contribution is -2.58. The lowest BCUT2D eigenvalue weighted by molar-refractivity contribution is -0.130. The number of ether oxygens (including phenoxy) is 2. The monoisotopic (exact) mass is 339 g/mol. The molecule has 2 saturated heterocycles. The number of hydrogen-bond acceptors (Lipinski definition) is 5. The van der Waals surface area contributed by atoms with Crippen LogP contribution in [0.4, 0.5) is 0 Å². The van der Waals surface area contributed by atoms with Crippen molar-refractivity contribution in [2.24, 2.45) is 0 Å². The van der Waals surface area contributed by atoms with Gasteiger partial charge in [0.2, 0.25) is 5.91 Å². The van der Waals surface area contributed by atoms with Gasteiger partial charge in [-0.2, -0.15) is 0 Å². The van der Waals surface area contributed by atoms with Gasteiger partial charge < -0.3 is 14.8 Å². The van der Waals surface area contributed by atoms with Crippen molar-refractivity contribution in [3.63, 3.8) is 0 Å². The zero-order chi connectivity index (χ0) is 17.0. The first-order chi connectivity index (χ1) is 11.6. The average Bonchev–Trinajstić information content (AvgIpc) is 2.61. The van der Waals surface area contributed by atoms with E-state index in [0.29, 0.717) is 25.2 Å². The van der Waals surface area contributed by atoms with Gasteiger partial charge in [0.05, 0.1) is 32.5 Å². The van der Waals surface area contributed by atoms with Gasteiger partial charge in [-0.1, -0.05) is 12.8 Å². The third kappa shape index (κ3) is 4.48. The molecule has 3 rings (SSSR count). The number of morpholine rings is 2. The number of hydrogen-bond donors (Lipinski definition) is 1. The molecule has 0 radical (unpaired) electrons. The van der Waals surface area contributed by atoms with E-state index in [1.54, 1.807) is 0 Å². The molecule has 0 aromatic rings. The van der Waals surface area contributed by atoms with Crippen LogP contribution in [0.3, 0.4) is 0 Å². The van der Waals surface area contributed by atoms with E-state index in [9.17, 15) is 4.79 Å². The maximum absolute atomic E-state index is 12.5. The highest BCUT2D eigenvalue weighted by molar-refractivity contribution is 5.78. The molecule has 24 heavy (non-hydrogen) atoms. The van der Waals surface area contributed by atoms with Gasteiger partial charge in [0.25, 0.3) is 0 Å². The molecule has 6 nitrogen and oxygen atoms in total. The Kier molecular flexibility index (Phi) is 6.13. The van der Waals surface area contributed by atoms with Crippen molar-refractivity contribution < 1.29 is 14.3 Å². The van der Waals surface area contributed by atoms with Crippen molar-refractivity contribution in [2.75, 3.05) is 52.5 Å². The highest BCUT2D eigenvalue weighted by atomic mass is 16.5. The molecule has 2 heterocycles. The smallest absolute Gasteiger partial charge is 0.234 e. The number of carbonyl (C=O) groups is 1. The highest BCUT2D eigenvalue weighted by Crippen LogP contribution is 2.28. The molecular weight excluding hydrogens is 306 g/mol. The summed E-state index contributed by atoms with van der Waals surface area (Å²) in [4.78, 5) is 17.2. The summed E-state index contributed by atoms with van der Waals surface area (Å²) in [5.74, 6) is 0.141. The van der Waals surface area contributed by atoms with Gasteiger partial charge in [-0.3, -0.25) is 14.6 Å². The van der Waals surface area contributed by atoms with Gasteiger partial charge in [0.15, 0.2) is 0 Å². The van der Waals surface area contributed by atoms with E-state index in [1.165, 1.54) is 12.8 Å². The predicted octanol–water partition coefficient (Wildman–Crippen LogP) is 0.857. The fourth-order valence-corrected chi connectivity index (χ4v) is 4.21. The maximum atomic E-state index is 12.5. The van der Waals surface area contributed by atoms with E-state index in [-0.39, 0.29) is 11.4 Å². The summed E-state index contributed by atoms with van der Waals surface area (Å²) in [5, 5.41) is 3.16. The van der Waals surface area contributed by atoms with Gasteiger partial charge in [0.1, 0.15) is 0 Å². The second kappa shape index (κ2) is 8.13. The Morgan fingerprint density at radius 1 is 1.12 bits per heavy atom. The summed E-state index contributed by atoms with van der Waals surface area (Å²) in [5.41, 5.74) is -0.0299. The van der Waals surface area contributed by atoms with Crippen molar-refractivity contribution in [2.45, 2.75) is 57.2 Å². The minimum absolute atomic E-state index is 0.0299. The standard InChI is InChI=1S/C18H33N3O3/c1-18(2,21-8-10-23-11-9-21)14-19-17(22)13-20-7-12-24-16-6-4-3-5-15(16)20/h15-16H,3-14H2,1-2H3,(H,19,22). The van der Waals surface area contributed by atoms with E-state index in [4.69, 9.17) is 9.47 Å². The maximum Gasteiger partial charge on any atom is 0.234 e. The lowest BCUT2D eigenvalue weighted by Gasteiger charge is -2.44. The molecule has 6 heteroatoms. The fraction of sp³-hybridized carbons (Fsp3) is 0.944. The van der Waals surface area contributed by atoms with Crippen LogP contribution in [-0.4, -0.2) is 85.9 Å². The van der Waals surface area contributed by atoms with Gasteiger partial charge in [-0.15, -0.1) is 0 Å². The topological polar surface area (TPSA) is 54.0 Å². The SMILES string of the molecule is CC(C)(CNC(=O)CN1CCOC2CCCCC21)N1CCOCC1. The molecule has 2 atom stereocenters. The van der Waals surface area contributed by atoms with E-state index < -0.39 is 0 Å². The van der Waals surface area contributed by atoms with Crippen LogP contribution in [0.15, 0.2) is 0 Å². The summed E-state index contributed by atoms with van der Waals surface area (Å²) < 4.78 is 11.3. The first kappa shape index (κ1) is 18.1. The van der Waals surface area contributed by atoms with E-state index >= 15 is 0 Å². The van der Waals surface area contributed by atoms with Crippen molar-refractivity contribution in [1.82, 2.24) is 15.1 Å². The number of rotatable bonds is 5. The Bertz CT molecular complexity index is 422. The molecule has 3 aliphatic rings. The molecule has 0 bridgehead atoms. The van der Waals surface area contributed by atoms with Crippen molar-refractivity contribution >= 4 is 5.91 Å². The third-order valence-electron chi connectivity index (χ3n) is 5.78. The van der Waals surface area contributed by atoms with Crippen LogP contribution in [0.5, 0.6) is 0 Å². The van der Waals surface area contributed by atoms with E-state index in [2.05, 4.69) is 29.0 Å². The molecule has 3 fully saturated rings. The summed E-state index contributed by atoms with van der Waals surface area (Å²) in [6.07, 6.45) is 5.16. The third-order valence-corrected chi connectivity index (χ3v) is 5.78. The molecular formula is C18H33N3O3. The lowest BCUT2D eigenvalue weighted by atomic mass is 9.90. The number of carbonyl (C=O) groups excluding carboxylic acids is 1. The van der Waals surface area contributed by atoms with Gasteiger partial charge in [-0.05, 0) is 26.7 Å². The van der Waals surface area contributed by atoms with Crippen molar-refractivity contribution in [3.05, 3.63) is 0 Å². The number of nitrogens with one attached hydrogen (secondary N) is 1. The van der Waals surface area contributed by atoms with Crippen LogP contribution in [-0.2, 0) is 14.3 Å². The molecule has 1 aliphatic carbocycles. The van der Waals surface area contributed by atoms with Crippen molar-refractivity contribution in [1.29, 1.82) is 0 Å². The first-order valence-electron chi connectivity index (χ1n) is 9.51. The molecule has 0 aromatic carbocycles. The second-order valence-corrected chi connectivity index (χ2v) is 7.92. The minimum atomic E-state index is -0.0299. The van der Waals surface area contributed by atoms with Crippen molar-refractivity contribution in [3.8, 4) is 0 Å². The Hall–Kier alpha value is -0.690. The summed E-state index contributed by atoms with van der Waals surface area (Å²) >= 11 is 0. The van der Waals surface area contributed by atoms with Gasteiger partial charge in [0, 0.05) is 37.8 Å². The number of amides is 1. The molecule has 2 aliphatic heterocycles.